The van der Waals surface area contributed by atoms with Crippen molar-refractivity contribution in [3.63, 3.8) is 0 Å². The Morgan fingerprint density at radius 2 is 1.76 bits per heavy atom. The van der Waals surface area contributed by atoms with Crippen LogP contribution in [0, 0.1) is 0 Å². The number of nitrogens with one attached hydrogen (secondary N) is 1. The van der Waals surface area contributed by atoms with Crippen LogP contribution in [0.3, 0.4) is 0 Å². The van der Waals surface area contributed by atoms with Gasteiger partial charge in [0.05, 0.1) is 12.3 Å². The predicted octanol–water partition coefficient (Wildman–Crippen LogP) is 4.45. The van der Waals surface area contributed by atoms with Gasteiger partial charge in [0.1, 0.15) is 5.76 Å². The first-order valence-electron chi connectivity index (χ1n) is 5.71. The molecule has 2 rings (SSSR count). The van der Waals surface area contributed by atoms with Gasteiger partial charge in [0, 0.05) is 10.5 Å². The molecule has 0 radical (unpaired) electrons. The normalized spacial score (nSPS) is 14.5. The highest BCUT2D eigenvalue weighted by Crippen LogP contribution is 2.21. The molecule has 0 saturated carbocycles. The maximum atomic E-state index is 5.38. The van der Waals surface area contributed by atoms with Gasteiger partial charge < -0.3 is 9.73 Å². The van der Waals surface area contributed by atoms with Crippen LogP contribution in [0.2, 0.25) is 0 Å². The van der Waals surface area contributed by atoms with Gasteiger partial charge in [0.2, 0.25) is 0 Å². The zero-order chi connectivity index (χ0) is 12.3. The Balaban J connectivity index is 2.01. The van der Waals surface area contributed by atoms with Crippen molar-refractivity contribution in [1.82, 2.24) is 5.32 Å². The van der Waals surface area contributed by atoms with E-state index in [4.69, 9.17) is 4.42 Å². The zero-order valence-corrected chi connectivity index (χ0v) is 11.6. The van der Waals surface area contributed by atoms with Crippen molar-refractivity contribution in [3.8, 4) is 0 Å². The van der Waals surface area contributed by atoms with Gasteiger partial charge in [-0.05, 0) is 43.7 Å². The number of benzene rings is 1. The van der Waals surface area contributed by atoms with Gasteiger partial charge in [-0.2, -0.15) is 0 Å². The fourth-order valence-electron chi connectivity index (χ4n) is 1.84. The van der Waals surface area contributed by atoms with Crippen LogP contribution in [0.1, 0.15) is 37.3 Å². The van der Waals surface area contributed by atoms with Crippen LogP contribution in [-0.2, 0) is 0 Å². The Morgan fingerprint density at radius 3 is 2.35 bits per heavy atom. The highest BCUT2D eigenvalue weighted by atomic mass is 79.9. The smallest absolute Gasteiger partial charge is 0.120 e. The molecule has 0 amide bonds. The minimum atomic E-state index is 0.212. The molecule has 0 aliphatic carbocycles. The third-order valence-electron chi connectivity index (χ3n) is 2.84. The van der Waals surface area contributed by atoms with E-state index in [0.717, 1.165) is 10.2 Å². The Morgan fingerprint density at radius 1 is 1.06 bits per heavy atom. The number of hydrogen-bond acceptors (Lipinski definition) is 2. The lowest BCUT2D eigenvalue weighted by atomic mass is 10.1. The first kappa shape index (κ1) is 12.4. The molecular formula is C14H16BrNO. The lowest BCUT2D eigenvalue weighted by Gasteiger charge is -2.18. The van der Waals surface area contributed by atoms with Gasteiger partial charge in [0.25, 0.3) is 0 Å². The maximum Gasteiger partial charge on any atom is 0.120 e. The molecule has 17 heavy (non-hydrogen) atoms. The molecule has 1 heterocycles. The second kappa shape index (κ2) is 5.52. The predicted molar refractivity (Wildman–Crippen MR) is 72.8 cm³/mol. The molecule has 0 bridgehead atoms. The molecule has 1 aromatic carbocycles. The lowest BCUT2D eigenvalue weighted by Crippen LogP contribution is -2.22. The van der Waals surface area contributed by atoms with E-state index in [-0.39, 0.29) is 6.04 Å². The van der Waals surface area contributed by atoms with E-state index in [1.54, 1.807) is 6.26 Å². The molecule has 2 aromatic rings. The molecule has 0 saturated heterocycles. The van der Waals surface area contributed by atoms with Crippen LogP contribution in [0.4, 0.5) is 0 Å². The van der Waals surface area contributed by atoms with Crippen molar-refractivity contribution in [1.29, 1.82) is 0 Å². The summed E-state index contributed by atoms with van der Waals surface area (Å²) in [5.41, 5.74) is 1.27. The van der Waals surface area contributed by atoms with Gasteiger partial charge in [0.15, 0.2) is 0 Å². The summed E-state index contributed by atoms with van der Waals surface area (Å²) in [6.45, 7) is 4.26. The van der Waals surface area contributed by atoms with Crippen molar-refractivity contribution in [2.75, 3.05) is 0 Å². The first-order valence-corrected chi connectivity index (χ1v) is 6.51. The molecule has 0 fully saturated rings. The molecule has 1 unspecified atom stereocenters. The summed E-state index contributed by atoms with van der Waals surface area (Å²) in [6, 6.07) is 12.8. The average Bonchev–Trinajstić information content (AvgIpc) is 2.83. The maximum absolute atomic E-state index is 5.38. The van der Waals surface area contributed by atoms with Crippen molar-refractivity contribution < 1.29 is 4.42 Å². The van der Waals surface area contributed by atoms with Gasteiger partial charge in [-0.1, -0.05) is 28.1 Å². The molecule has 3 heteroatoms. The third kappa shape index (κ3) is 3.20. The molecule has 90 valence electrons. The number of hydrogen-bond donors (Lipinski definition) is 1. The third-order valence-corrected chi connectivity index (χ3v) is 3.37. The molecule has 2 nitrogen and oxygen atoms in total. The van der Waals surface area contributed by atoms with E-state index in [9.17, 15) is 0 Å². The second-order valence-corrected chi connectivity index (χ2v) is 5.09. The average molecular weight is 294 g/mol. The summed E-state index contributed by atoms with van der Waals surface area (Å²) in [5, 5.41) is 3.51. The minimum absolute atomic E-state index is 0.212. The van der Waals surface area contributed by atoms with E-state index in [1.807, 2.05) is 12.1 Å². The topological polar surface area (TPSA) is 25.2 Å². The van der Waals surface area contributed by atoms with Gasteiger partial charge in [-0.3, -0.25) is 0 Å². The molecular weight excluding hydrogens is 278 g/mol. The standard InChI is InChI=1S/C14H16BrNO/c1-10(12-5-7-13(15)8-6-12)16-11(2)14-4-3-9-17-14/h3-11,16H,1-2H3/t10-,11?/m1/s1. The SMILES string of the molecule is CC(N[C@H](C)c1ccc(Br)cc1)c1ccco1. The Kier molecular flexibility index (Phi) is 4.02. The van der Waals surface area contributed by atoms with E-state index in [2.05, 4.69) is 59.4 Å². The number of rotatable bonds is 4. The minimum Gasteiger partial charge on any atom is -0.468 e. The zero-order valence-electron chi connectivity index (χ0n) is 9.98. The largest absolute Gasteiger partial charge is 0.468 e. The van der Waals surface area contributed by atoms with E-state index >= 15 is 0 Å². The first-order chi connectivity index (χ1) is 8.16. The van der Waals surface area contributed by atoms with Crippen LogP contribution in [-0.4, -0.2) is 0 Å². The Bertz CT molecular complexity index is 450. The van der Waals surface area contributed by atoms with Crippen molar-refractivity contribution in [2.24, 2.45) is 0 Å². The molecule has 1 aromatic heterocycles. The van der Waals surface area contributed by atoms with Crippen LogP contribution >= 0.6 is 15.9 Å². The van der Waals surface area contributed by atoms with Crippen LogP contribution in [0.5, 0.6) is 0 Å². The van der Waals surface area contributed by atoms with Gasteiger partial charge in [-0.15, -0.1) is 0 Å². The summed E-state index contributed by atoms with van der Waals surface area (Å²) in [4.78, 5) is 0. The van der Waals surface area contributed by atoms with E-state index in [1.165, 1.54) is 5.56 Å². The van der Waals surface area contributed by atoms with Gasteiger partial charge in [-0.25, -0.2) is 0 Å². The monoisotopic (exact) mass is 293 g/mol. The quantitative estimate of drug-likeness (QED) is 0.901. The summed E-state index contributed by atoms with van der Waals surface area (Å²) in [6.07, 6.45) is 1.71. The van der Waals surface area contributed by atoms with Crippen LogP contribution in [0.15, 0.2) is 51.6 Å². The van der Waals surface area contributed by atoms with E-state index < -0.39 is 0 Å². The highest BCUT2D eigenvalue weighted by molar-refractivity contribution is 9.10. The summed E-state index contributed by atoms with van der Waals surface area (Å²) >= 11 is 3.44. The van der Waals surface area contributed by atoms with Crippen molar-refractivity contribution in [2.45, 2.75) is 25.9 Å². The van der Waals surface area contributed by atoms with Crippen molar-refractivity contribution in [3.05, 3.63) is 58.5 Å². The number of halogens is 1. The number of furan rings is 1. The van der Waals surface area contributed by atoms with Crippen LogP contribution < -0.4 is 5.32 Å². The summed E-state index contributed by atoms with van der Waals surface area (Å²) in [5.74, 6) is 0.967. The Hall–Kier alpha value is -1.06. The second-order valence-electron chi connectivity index (χ2n) is 4.18. The van der Waals surface area contributed by atoms with Gasteiger partial charge >= 0.3 is 0 Å². The molecule has 0 spiro atoms. The Labute approximate surface area is 110 Å². The van der Waals surface area contributed by atoms with Crippen molar-refractivity contribution >= 4 is 15.9 Å². The summed E-state index contributed by atoms with van der Waals surface area (Å²) in [7, 11) is 0. The highest BCUT2D eigenvalue weighted by Gasteiger charge is 2.12. The summed E-state index contributed by atoms with van der Waals surface area (Å²) < 4.78 is 6.49. The fraction of sp³-hybridized carbons (Fsp3) is 0.286. The molecule has 0 aliphatic rings. The molecule has 2 atom stereocenters. The fourth-order valence-corrected chi connectivity index (χ4v) is 2.11. The molecule has 1 N–H and O–H groups in total. The lowest BCUT2D eigenvalue weighted by molar-refractivity contribution is 0.403. The molecule has 0 aliphatic heterocycles. The van der Waals surface area contributed by atoms with Crippen LogP contribution in [0.25, 0.3) is 0 Å². The van der Waals surface area contributed by atoms with E-state index in [0.29, 0.717) is 6.04 Å².